The Morgan fingerprint density at radius 1 is 1.33 bits per heavy atom. The minimum atomic E-state index is -0.399. The van der Waals surface area contributed by atoms with E-state index in [0.717, 1.165) is 43.4 Å². The van der Waals surface area contributed by atoms with E-state index < -0.39 is 5.91 Å². The predicted molar refractivity (Wildman–Crippen MR) is 81.3 cm³/mol. The maximum atomic E-state index is 12.0. The lowest BCUT2D eigenvalue weighted by Crippen LogP contribution is -2.27. The van der Waals surface area contributed by atoms with E-state index in [1.54, 1.807) is 0 Å². The maximum Gasteiger partial charge on any atom is 0.252 e. The third kappa shape index (κ3) is 1.89. The maximum absolute atomic E-state index is 12.0. The number of aromatic nitrogens is 2. The van der Waals surface area contributed by atoms with Gasteiger partial charge in [0.2, 0.25) is 0 Å². The molecule has 21 heavy (non-hydrogen) atoms. The van der Waals surface area contributed by atoms with Gasteiger partial charge in [0.25, 0.3) is 5.91 Å². The number of carbonyl (C=O) groups excluding carboxylic acids is 1. The molecule has 1 aromatic carbocycles. The van der Waals surface area contributed by atoms with Crippen LogP contribution in [-0.2, 0) is 12.0 Å². The van der Waals surface area contributed by atoms with Crippen LogP contribution in [-0.4, -0.2) is 15.7 Å². The van der Waals surface area contributed by atoms with Crippen LogP contribution in [0.15, 0.2) is 24.3 Å². The van der Waals surface area contributed by atoms with Crippen LogP contribution in [0, 0.1) is 0 Å². The number of carbonyl (C=O) groups is 1. The standard InChI is InChI=1S/C16H16ClN3O/c17-11-4-1-3-10(9-11)14-13(15(18)21)12-5-2-6-16(7-8-16)20(12)19-14/h1,3-4,9H,2,5-8H2,(H2,18,21). The fourth-order valence-electron chi connectivity index (χ4n) is 3.47. The van der Waals surface area contributed by atoms with Crippen LogP contribution >= 0.6 is 11.6 Å². The number of benzene rings is 1. The third-order valence-electron chi connectivity index (χ3n) is 4.66. The SMILES string of the molecule is NC(=O)c1c(-c2cccc(Cl)c2)nn2c1CCCC21CC1. The molecule has 1 fully saturated rings. The van der Waals surface area contributed by atoms with Gasteiger partial charge in [-0.1, -0.05) is 23.7 Å². The Labute approximate surface area is 127 Å². The molecule has 1 aliphatic heterocycles. The zero-order valence-electron chi connectivity index (χ0n) is 11.6. The summed E-state index contributed by atoms with van der Waals surface area (Å²) >= 11 is 6.07. The molecule has 2 N–H and O–H groups in total. The van der Waals surface area contributed by atoms with Crippen molar-refractivity contribution in [2.75, 3.05) is 0 Å². The van der Waals surface area contributed by atoms with Crippen LogP contribution in [0.5, 0.6) is 0 Å². The lowest BCUT2D eigenvalue weighted by molar-refractivity contribution is 0.0999. The van der Waals surface area contributed by atoms with Crippen molar-refractivity contribution in [2.45, 2.75) is 37.6 Å². The number of hydrogen-bond acceptors (Lipinski definition) is 2. The van der Waals surface area contributed by atoms with Crippen molar-refractivity contribution in [1.82, 2.24) is 9.78 Å². The highest BCUT2D eigenvalue weighted by Gasteiger charge is 2.49. The summed E-state index contributed by atoms with van der Waals surface area (Å²) < 4.78 is 2.08. The first-order valence-electron chi connectivity index (χ1n) is 7.29. The smallest absolute Gasteiger partial charge is 0.252 e. The summed E-state index contributed by atoms with van der Waals surface area (Å²) in [6.07, 6.45) is 5.41. The lowest BCUT2D eigenvalue weighted by atomic mass is 9.97. The van der Waals surface area contributed by atoms with Gasteiger partial charge in [0.1, 0.15) is 5.69 Å². The molecule has 2 aliphatic rings. The quantitative estimate of drug-likeness (QED) is 0.926. The molecule has 108 valence electrons. The first-order valence-corrected chi connectivity index (χ1v) is 7.67. The molecule has 0 bridgehead atoms. The summed E-state index contributed by atoms with van der Waals surface area (Å²) in [5.41, 5.74) is 8.89. The predicted octanol–water partition coefficient (Wildman–Crippen LogP) is 3.13. The van der Waals surface area contributed by atoms with Gasteiger partial charge in [0, 0.05) is 10.6 Å². The van der Waals surface area contributed by atoms with Crippen LogP contribution in [0.3, 0.4) is 0 Å². The molecule has 0 saturated heterocycles. The minimum absolute atomic E-state index is 0.147. The Kier molecular flexibility index (Phi) is 2.67. The zero-order chi connectivity index (χ0) is 14.6. The number of halogens is 1. The van der Waals surface area contributed by atoms with Gasteiger partial charge in [-0.2, -0.15) is 5.10 Å². The summed E-state index contributed by atoms with van der Waals surface area (Å²) in [6, 6.07) is 7.44. The number of nitrogens with two attached hydrogens (primary N) is 1. The third-order valence-corrected chi connectivity index (χ3v) is 4.89. The van der Waals surface area contributed by atoms with Crippen molar-refractivity contribution in [3.8, 4) is 11.3 Å². The molecule has 0 unspecified atom stereocenters. The summed E-state index contributed by atoms with van der Waals surface area (Å²) in [6.45, 7) is 0. The molecule has 5 heteroatoms. The number of fused-ring (bicyclic) bond motifs is 2. The van der Waals surface area contributed by atoms with Crippen LogP contribution in [0.25, 0.3) is 11.3 Å². The Balaban J connectivity index is 1.95. The van der Waals surface area contributed by atoms with Gasteiger partial charge in [-0.05, 0) is 44.2 Å². The van der Waals surface area contributed by atoms with E-state index in [9.17, 15) is 4.79 Å². The van der Waals surface area contributed by atoms with Gasteiger partial charge < -0.3 is 5.73 Å². The molecule has 4 rings (SSSR count). The number of amides is 1. The Morgan fingerprint density at radius 3 is 2.81 bits per heavy atom. The molecule has 1 aliphatic carbocycles. The number of rotatable bonds is 2. The first-order chi connectivity index (χ1) is 10.1. The monoisotopic (exact) mass is 301 g/mol. The Bertz CT molecular complexity index is 746. The van der Waals surface area contributed by atoms with Crippen molar-refractivity contribution < 1.29 is 4.79 Å². The molecular weight excluding hydrogens is 286 g/mol. The second kappa shape index (κ2) is 4.34. The summed E-state index contributed by atoms with van der Waals surface area (Å²) in [5, 5.41) is 5.39. The van der Waals surface area contributed by atoms with Crippen LogP contribution in [0.2, 0.25) is 5.02 Å². The topological polar surface area (TPSA) is 60.9 Å². The highest BCUT2D eigenvalue weighted by atomic mass is 35.5. The molecule has 2 aromatic rings. The van der Waals surface area contributed by atoms with Gasteiger partial charge in [-0.15, -0.1) is 0 Å². The van der Waals surface area contributed by atoms with Gasteiger partial charge in [-0.25, -0.2) is 0 Å². The fraction of sp³-hybridized carbons (Fsp3) is 0.375. The average Bonchev–Trinajstić information content (AvgIpc) is 3.09. The minimum Gasteiger partial charge on any atom is -0.365 e. The van der Waals surface area contributed by atoms with E-state index in [2.05, 4.69) is 4.68 Å². The summed E-state index contributed by atoms with van der Waals surface area (Å²) in [4.78, 5) is 12.0. The first kappa shape index (κ1) is 12.9. The van der Waals surface area contributed by atoms with Gasteiger partial charge in [-0.3, -0.25) is 9.48 Å². The largest absolute Gasteiger partial charge is 0.365 e. The van der Waals surface area contributed by atoms with Gasteiger partial charge in [0.05, 0.1) is 16.8 Å². The molecule has 1 spiro atoms. The molecule has 1 saturated carbocycles. The van der Waals surface area contributed by atoms with Crippen LogP contribution < -0.4 is 5.73 Å². The Morgan fingerprint density at radius 2 is 2.14 bits per heavy atom. The van der Waals surface area contributed by atoms with Crippen molar-refractivity contribution in [2.24, 2.45) is 5.73 Å². The zero-order valence-corrected chi connectivity index (χ0v) is 12.4. The average molecular weight is 302 g/mol. The second-order valence-electron chi connectivity index (χ2n) is 6.03. The summed E-state index contributed by atoms with van der Waals surface area (Å²) in [7, 11) is 0. The van der Waals surface area contributed by atoms with Gasteiger partial charge in [0.15, 0.2) is 0 Å². The number of hydrogen-bond donors (Lipinski definition) is 1. The number of primary amides is 1. The van der Waals surface area contributed by atoms with Gasteiger partial charge >= 0.3 is 0 Å². The molecular formula is C16H16ClN3O. The van der Waals surface area contributed by atoms with E-state index in [1.807, 2.05) is 24.3 Å². The van der Waals surface area contributed by atoms with Crippen LogP contribution in [0.4, 0.5) is 0 Å². The molecule has 0 radical (unpaired) electrons. The number of nitrogens with zero attached hydrogens (tertiary/aromatic N) is 2. The second-order valence-corrected chi connectivity index (χ2v) is 6.47. The van der Waals surface area contributed by atoms with Crippen molar-refractivity contribution in [1.29, 1.82) is 0 Å². The molecule has 2 heterocycles. The molecule has 0 atom stereocenters. The van der Waals surface area contributed by atoms with E-state index in [1.165, 1.54) is 0 Å². The van der Waals surface area contributed by atoms with Crippen LogP contribution in [0.1, 0.15) is 41.7 Å². The highest BCUT2D eigenvalue weighted by molar-refractivity contribution is 6.30. The molecule has 1 aromatic heterocycles. The lowest BCUT2D eigenvalue weighted by Gasteiger charge is -2.24. The van der Waals surface area contributed by atoms with Crippen molar-refractivity contribution in [3.63, 3.8) is 0 Å². The van der Waals surface area contributed by atoms with E-state index in [-0.39, 0.29) is 5.54 Å². The molecule has 1 amide bonds. The normalized spacial score (nSPS) is 18.5. The van der Waals surface area contributed by atoms with Crippen molar-refractivity contribution in [3.05, 3.63) is 40.5 Å². The highest BCUT2D eigenvalue weighted by Crippen LogP contribution is 2.51. The van der Waals surface area contributed by atoms with E-state index in [4.69, 9.17) is 22.4 Å². The van der Waals surface area contributed by atoms with E-state index >= 15 is 0 Å². The summed E-state index contributed by atoms with van der Waals surface area (Å²) in [5.74, 6) is -0.399. The molecule has 4 nitrogen and oxygen atoms in total. The Hall–Kier alpha value is -1.81. The van der Waals surface area contributed by atoms with Crippen molar-refractivity contribution >= 4 is 17.5 Å². The fourth-order valence-corrected chi connectivity index (χ4v) is 3.66. The van der Waals surface area contributed by atoms with E-state index in [0.29, 0.717) is 16.3 Å².